The maximum absolute atomic E-state index is 14.0. The molecule has 0 bridgehead atoms. The summed E-state index contributed by atoms with van der Waals surface area (Å²) in [6.07, 6.45) is -4.46. The van der Waals surface area contributed by atoms with E-state index in [1.807, 2.05) is 30.3 Å². The Morgan fingerprint density at radius 3 is 1.82 bits per heavy atom. The van der Waals surface area contributed by atoms with Gasteiger partial charge in [0.05, 0.1) is 16.5 Å². The van der Waals surface area contributed by atoms with Crippen molar-refractivity contribution in [1.82, 2.24) is 0 Å². The van der Waals surface area contributed by atoms with Crippen LogP contribution in [-0.2, 0) is 32.2 Å². The van der Waals surface area contributed by atoms with E-state index in [4.69, 9.17) is 9.47 Å². The number of carbonyl (C=O) groups is 1. The zero-order chi connectivity index (χ0) is 28.2. The number of halogens is 5. The number of carbonyl (C=O) groups excluding carboxylic acids is 1. The Labute approximate surface area is 225 Å². The molecule has 1 unspecified atom stereocenters. The van der Waals surface area contributed by atoms with Gasteiger partial charge in [0.25, 0.3) is 0 Å². The van der Waals surface area contributed by atoms with E-state index in [0.29, 0.717) is 16.2 Å². The summed E-state index contributed by atoms with van der Waals surface area (Å²) in [5.41, 5.74) is -1.58. The van der Waals surface area contributed by atoms with Gasteiger partial charge in [-0.1, -0.05) is 30.3 Å². The van der Waals surface area contributed by atoms with Crippen LogP contribution in [0.15, 0.2) is 112 Å². The third-order valence-corrected chi connectivity index (χ3v) is 7.94. The van der Waals surface area contributed by atoms with E-state index in [0.717, 1.165) is 28.0 Å². The average molecular weight is 560 g/mol. The molecule has 0 saturated carbocycles. The molecule has 0 aliphatic rings. The van der Waals surface area contributed by atoms with E-state index in [1.54, 1.807) is 38.1 Å². The van der Waals surface area contributed by atoms with Gasteiger partial charge in [0.1, 0.15) is 23.0 Å². The monoisotopic (exact) mass is 559 g/mol. The van der Waals surface area contributed by atoms with Crippen molar-refractivity contribution in [1.29, 1.82) is 0 Å². The minimum absolute atomic E-state index is 0.366. The highest BCUT2D eigenvalue weighted by Crippen LogP contribution is 2.34. The normalized spacial score (nSPS) is 12.6. The van der Waals surface area contributed by atoms with Crippen LogP contribution in [0.4, 0.5) is 22.0 Å². The van der Waals surface area contributed by atoms with Crippen molar-refractivity contribution in [3.63, 3.8) is 0 Å². The van der Waals surface area contributed by atoms with Crippen molar-refractivity contribution in [2.24, 2.45) is 0 Å². The van der Waals surface area contributed by atoms with Gasteiger partial charge in [-0.3, -0.25) is 0 Å². The lowest BCUT2D eigenvalue weighted by molar-refractivity contribution is -0.160. The first-order valence-electron chi connectivity index (χ1n) is 11.8. The SMILES string of the molecule is CC(C)(OC(=O)COc1ccc([S+](c2ccccc2)c2cc(F)cc(F)c2)cc1)c1ccc(C(F)(F)F)cc1. The van der Waals surface area contributed by atoms with Gasteiger partial charge in [-0.15, -0.1) is 0 Å². The number of hydrogen-bond acceptors (Lipinski definition) is 3. The minimum Gasteiger partial charge on any atom is -0.482 e. The predicted octanol–water partition coefficient (Wildman–Crippen LogP) is 7.94. The van der Waals surface area contributed by atoms with Gasteiger partial charge >= 0.3 is 12.1 Å². The second-order valence-electron chi connectivity index (χ2n) is 9.04. The highest BCUT2D eigenvalue weighted by atomic mass is 32.2. The quantitative estimate of drug-likeness (QED) is 0.125. The fourth-order valence-corrected chi connectivity index (χ4v) is 5.97. The van der Waals surface area contributed by atoms with Gasteiger partial charge in [0.15, 0.2) is 21.3 Å². The van der Waals surface area contributed by atoms with Crippen molar-refractivity contribution in [3.8, 4) is 5.75 Å². The Morgan fingerprint density at radius 2 is 1.26 bits per heavy atom. The Morgan fingerprint density at radius 1 is 0.718 bits per heavy atom. The first-order chi connectivity index (χ1) is 18.4. The van der Waals surface area contributed by atoms with Crippen LogP contribution < -0.4 is 4.74 Å². The molecule has 4 aromatic carbocycles. The fourth-order valence-electron chi connectivity index (χ4n) is 3.86. The summed E-state index contributed by atoms with van der Waals surface area (Å²) < 4.78 is 77.5. The fraction of sp³-hybridized carbons (Fsp3) is 0.167. The van der Waals surface area contributed by atoms with Crippen molar-refractivity contribution >= 4 is 16.9 Å². The Kier molecular flexibility index (Phi) is 8.30. The van der Waals surface area contributed by atoms with Gasteiger partial charge in [-0.2, -0.15) is 13.2 Å². The minimum atomic E-state index is -4.46. The molecule has 3 nitrogen and oxygen atoms in total. The van der Waals surface area contributed by atoms with E-state index in [-0.39, 0.29) is 0 Å². The molecule has 0 amide bonds. The molecule has 1 atom stereocenters. The lowest BCUT2D eigenvalue weighted by Crippen LogP contribution is -2.28. The van der Waals surface area contributed by atoms with Gasteiger partial charge in [-0.05, 0) is 67.9 Å². The van der Waals surface area contributed by atoms with E-state index in [1.165, 1.54) is 24.3 Å². The molecule has 202 valence electrons. The molecule has 0 spiro atoms. The topological polar surface area (TPSA) is 35.5 Å². The maximum Gasteiger partial charge on any atom is 0.416 e. The van der Waals surface area contributed by atoms with Crippen molar-refractivity contribution in [2.75, 3.05) is 6.61 Å². The summed E-state index contributed by atoms with van der Waals surface area (Å²) >= 11 is 0. The highest BCUT2D eigenvalue weighted by Gasteiger charge is 2.32. The van der Waals surface area contributed by atoms with E-state index in [9.17, 15) is 26.7 Å². The Hall–Kier alpha value is -3.85. The molecular weight excluding hydrogens is 535 g/mol. The number of hydrogen-bond donors (Lipinski definition) is 0. The van der Waals surface area contributed by atoms with Crippen LogP contribution >= 0.6 is 0 Å². The number of ether oxygens (including phenoxy) is 2. The molecule has 0 aliphatic carbocycles. The zero-order valence-electron chi connectivity index (χ0n) is 21.0. The van der Waals surface area contributed by atoms with Crippen molar-refractivity contribution in [3.05, 3.63) is 120 Å². The van der Waals surface area contributed by atoms with Crippen LogP contribution in [0, 0.1) is 11.6 Å². The lowest BCUT2D eigenvalue weighted by Gasteiger charge is -2.26. The first-order valence-corrected chi connectivity index (χ1v) is 13.0. The molecule has 0 saturated heterocycles. The predicted molar refractivity (Wildman–Crippen MR) is 137 cm³/mol. The summed E-state index contributed by atoms with van der Waals surface area (Å²) in [4.78, 5) is 14.6. The Bertz CT molecular complexity index is 1400. The third-order valence-electron chi connectivity index (χ3n) is 5.74. The largest absolute Gasteiger partial charge is 0.482 e. The molecule has 0 aromatic heterocycles. The van der Waals surface area contributed by atoms with Gasteiger partial charge in [-0.25, -0.2) is 13.6 Å². The molecule has 39 heavy (non-hydrogen) atoms. The summed E-state index contributed by atoms with van der Waals surface area (Å²) in [5, 5.41) is 0. The highest BCUT2D eigenvalue weighted by molar-refractivity contribution is 7.97. The molecule has 4 rings (SSSR count). The smallest absolute Gasteiger partial charge is 0.416 e. The molecule has 0 heterocycles. The van der Waals surface area contributed by atoms with Crippen LogP contribution in [0.25, 0.3) is 0 Å². The van der Waals surface area contributed by atoms with E-state index >= 15 is 0 Å². The van der Waals surface area contributed by atoms with Gasteiger partial charge < -0.3 is 9.47 Å². The zero-order valence-corrected chi connectivity index (χ0v) is 21.8. The molecule has 9 heteroatoms. The van der Waals surface area contributed by atoms with Crippen LogP contribution in [0.2, 0.25) is 0 Å². The number of rotatable bonds is 8. The van der Waals surface area contributed by atoms with Crippen molar-refractivity contribution in [2.45, 2.75) is 40.3 Å². The number of alkyl halides is 3. The summed E-state index contributed by atoms with van der Waals surface area (Å²) in [6, 6.07) is 23.9. The second-order valence-corrected chi connectivity index (χ2v) is 11.1. The molecular formula is C30H24F5O3S+. The van der Waals surface area contributed by atoms with Crippen LogP contribution in [-0.4, -0.2) is 12.6 Å². The first kappa shape index (κ1) is 28.2. The lowest BCUT2D eigenvalue weighted by atomic mass is 9.97. The number of esters is 1. The Balaban J connectivity index is 1.44. The summed E-state index contributed by atoms with van der Waals surface area (Å²) in [7, 11) is -0.796. The molecule has 0 fully saturated rings. The van der Waals surface area contributed by atoms with Crippen LogP contribution in [0.5, 0.6) is 5.75 Å². The van der Waals surface area contributed by atoms with Gasteiger partial charge in [0, 0.05) is 18.2 Å². The van der Waals surface area contributed by atoms with Crippen molar-refractivity contribution < 1.29 is 36.2 Å². The van der Waals surface area contributed by atoms with Crippen LogP contribution in [0.1, 0.15) is 25.0 Å². The maximum atomic E-state index is 14.0. The van der Waals surface area contributed by atoms with E-state index < -0.39 is 52.4 Å². The molecule has 0 aliphatic heterocycles. The third kappa shape index (κ3) is 7.17. The number of benzene rings is 4. The summed E-state index contributed by atoms with van der Waals surface area (Å²) in [5.74, 6) is -1.68. The molecule has 0 N–H and O–H groups in total. The second kappa shape index (κ2) is 11.5. The standard InChI is InChI=1S/C30H24F5O3S/c1-29(2,20-8-10-21(11-9-20)30(33,34)35)38-28(36)19-37-24-12-14-26(15-13-24)39(25-6-4-3-5-7-25)27-17-22(31)16-23(32)18-27/h3-18H,19H2,1-2H3/q+1. The summed E-state index contributed by atoms with van der Waals surface area (Å²) in [6.45, 7) is 2.72. The molecule has 0 radical (unpaired) electrons. The van der Waals surface area contributed by atoms with Gasteiger partial charge in [0.2, 0.25) is 0 Å². The average Bonchev–Trinajstić information content (AvgIpc) is 2.88. The molecule has 4 aromatic rings. The van der Waals surface area contributed by atoms with Crippen LogP contribution in [0.3, 0.4) is 0 Å². The van der Waals surface area contributed by atoms with E-state index in [2.05, 4.69) is 0 Å².